The van der Waals surface area contributed by atoms with Gasteiger partial charge in [0.25, 0.3) is 0 Å². The molecule has 2 atom stereocenters. The number of nitrogen functional groups attached to an aromatic ring is 1. The third kappa shape index (κ3) is 20.9. The van der Waals surface area contributed by atoms with E-state index in [1.165, 1.54) is 34.3 Å². The predicted molar refractivity (Wildman–Crippen MR) is 346 cm³/mol. The number of anilines is 4. The molecule has 1 saturated heterocycles. The van der Waals surface area contributed by atoms with Gasteiger partial charge < -0.3 is 30.4 Å². The van der Waals surface area contributed by atoms with E-state index >= 15 is 0 Å². The van der Waals surface area contributed by atoms with Crippen LogP contribution in [0.3, 0.4) is 0 Å². The highest BCUT2D eigenvalue weighted by Gasteiger charge is 2.29. The van der Waals surface area contributed by atoms with E-state index in [9.17, 15) is 31.5 Å². The molecule has 0 spiro atoms. The predicted octanol–water partition coefficient (Wildman–Crippen LogP) is 13.2. The maximum Gasteiger partial charge on any atom is 0.411 e. The van der Waals surface area contributed by atoms with Crippen molar-refractivity contribution in [3.63, 3.8) is 0 Å². The van der Waals surface area contributed by atoms with Crippen molar-refractivity contribution in [1.82, 2.24) is 19.4 Å². The van der Waals surface area contributed by atoms with Crippen molar-refractivity contribution >= 4 is 77.7 Å². The Morgan fingerprint density at radius 3 is 1.47 bits per heavy atom. The van der Waals surface area contributed by atoms with E-state index in [-0.39, 0.29) is 28.5 Å². The maximum absolute atomic E-state index is 13.6. The Balaban J connectivity index is 0.000000216. The van der Waals surface area contributed by atoms with Gasteiger partial charge in [0.2, 0.25) is 20.0 Å². The van der Waals surface area contributed by atoms with Gasteiger partial charge in [0.05, 0.1) is 50.6 Å². The molecule has 0 saturated carbocycles. The molecule has 456 valence electrons. The zero-order chi connectivity index (χ0) is 62.4. The molecule has 0 bridgehead atoms. The molecule has 0 aliphatic carbocycles. The molecule has 9 rings (SSSR count). The summed E-state index contributed by atoms with van der Waals surface area (Å²) in [5, 5.41) is 20.5. The van der Waals surface area contributed by atoms with Crippen molar-refractivity contribution < 1.29 is 45.7 Å². The highest BCUT2D eigenvalue weighted by atomic mass is 32.2. The second-order valence-electron chi connectivity index (χ2n) is 22.9. The van der Waals surface area contributed by atoms with Crippen LogP contribution in [0.5, 0.6) is 0 Å². The lowest BCUT2D eigenvalue weighted by Gasteiger charge is -2.22. The number of rotatable bonds is 19. The first-order valence-electron chi connectivity index (χ1n) is 27.9. The van der Waals surface area contributed by atoms with E-state index in [4.69, 9.17) is 19.9 Å². The summed E-state index contributed by atoms with van der Waals surface area (Å²) in [6.45, 7) is 19.0. The van der Waals surface area contributed by atoms with Crippen LogP contribution in [0.15, 0.2) is 168 Å². The minimum absolute atomic E-state index is 0.107. The number of nitrogens with two attached hydrogens (primary N) is 1. The molecule has 1 aliphatic heterocycles. The SMILES string of the molecule is CC(C)OC(=O)Nc1ccc(-c2ncc(-c3ccc(N)cc3S(=O)(=O)NC(C)(C)C)s2)cc1.CC(C)OC(=O)Nc1ccc(-c2ncc(-c3ccc(NCC(O)Cc4ccccc4)cc3S(=O)(=O)NC(C)(C)C)s2)cc1.c1ccc(CC2CO2)cc1. The van der Waals surface area contributed by atoms with Crippen LogP contribution in [-0.2, 0) is 47.1 Å². The van der Waals surface area contributed by atoms with Crippen molar-refractivity contribution in [2.45, 2.75) is 127 Å². The number of aliphatic hydroxyl groups is 1. The van der Waals surface area contributed by atoms with Crippen LogP contribution >= 0.6 is 22.7 Å². The van der Waals surface area contributed by atoms with Crippen LogP contribution in [0.1, 0.15) is 80.4 Å². The van der Waals surface area contributed by atoms with Gasteiger partial charge in [-0.25, -0.2) is 45.8 Å². The van der Waals surface area contributed by atoms with Crippen molar-refractivity contribution in [3.8, 4) is 42.0 Å². The number of carbonyl (C=O) groups is 2. The van der Waals surface area contributed by atoms with Crippen molar-refractivity contribution in [3.05, 3.63) is 169 Å². The summed E-state index contributed by atoms with van der Waals surface area (Å²) in [5.41, 5.74) is 11.8. The van der Waals surface area contributed by atoms with Gasteiger partial charge in [0.1, 0.15) is 10.0 Å². The number of epoxide rings is 1. The number of thiazole rings is 2. The molecule has 2 amide bonds. The van der Waals surface area contributed by atoms with Crippen molar-refractivity contribution in [2.75, 3.05) is 34.8 Å². The van der Waals surface area contributed by atoms with Crippen molar-refractivity contribution in [2.24, 2.45) is 0 Å². The fraction of sp³-hybridized carbons (Fsp3) is 0.312. The van der Waals surface area contributed by atoms with Crippen LogP contribution < -0.4 is 31.1 Å². The Kier molecular flexibility index (Phi) is 22.4. The number of carbonyl (C=O) groups excluding carboxylic acids is 2. The molecule has 22 heteroatoms. The molecular formula is C64H76N8O10S4. The minimum atomic E-state index is -3.91. The summed E-state index contributed by atoms with van der Waals surface area (Å²) in [5.74, 6) is 0. The zero-order valence-corrected chi connectivity index (χ0v) is 53.1. The third-order valence-electron chi connectivity index (χ3n) is 12.0. The molecule has 8 aromatic rings. The summed E-state index contributed by atoms with van der Waals surface area (Å²) < 4.78 is 74.0. The summed E-state index contributed by atoms with van der Waals surface area (Å²) in [4.78, 5) is 34.3. The average molecular weight is 1250 g/mol. The zero-order valence-electron chi connectivity index (χ0n) is 49.9. The Bertz CT molecular complexity index is 3750. The molecule has 6 aromatic carbocycles. The smallest absolute Gasteiger partial charge is 0.411 e. The summed E-state index contributed by atoms with van der Waals surface area (Å²) in [7, 11) is -7.72. The van der Waals surface area contributed by atoms with Crippen LogP contribution in [0.2, 0.25) is 0 Å². The molecule has 3 heterocycles. The second-order valence-corrected chi connectivity index (χ2v) is 28.3. The number of ether oxygens (including phenoxy) is 3. The highest BCUT2D eigenvalue weighted by Crippen LogP contribution is 2.39. The molecule has 8 N–H and O–H groups in total. The standard InChI is InChI=1S/C32H38N4O5S2.C23H28N4O4S2.C9H10O/c1-21(2)41-31(38)35-24-13-11-23(12-14-24)30-34-20-28(42-30)27-16-15-25(18-29(27)43(39,40)36-32(3,4)5)33-19-26(37)17-22-9-7-6-8-10-22;1-14(2)31-22(28)26-17-9-6-15(7-10-17)21-25-13-19(32-21)18-11-8-16(24)12-20(18)33(29,30)27-23(3,4)5;1-2-4-8(5-3-1)6-9-7-10-9/h6-16,18,20-21,26,33,36-37H,17,19H2,1-5H3,(H,35,38);6-14,27H,24H2,1-5H3,(H,26,28);1-5,9H,6-7H2. The summed E-state index contributed by atoms with van der Waals surface area (Å²) in [6.07, 6.45) is 3.25. The van der Waals surface area contributed by atoms with Gasteiger partial charge in [-0.1, -0.05) is 72.8 Å². The summed E-state index contributed by atoms with van der Waals surface area (Å²) in [6, 6.07) is 44.5. The van der Waals surface area contributed by atoms with Gasteiger partial charge in [0, 0.05) is 87.9 Å². The molecular weight excluding hydrogens is 1170 g/mol. The number of hydrogen-bond acceptors (Lipinski definition) is 16. The second kappa shape index (κ2) is 29.2. The Morgan fingerprint density at radius 1 is 0.616 bits per heavy atom. The van der Waals surface area contributed by atoms with E-state index in [0.29, 0.717) is 66.2 Å². The minimum Gasteiger partial charge on any atom is -0.447 e. The number of nitrogens with one attached hydrogen (secondary N) is 5. The lowest BCUT2D eigenvalue weighted by Crippen LogP contribution is -2.40. The van der Waals surface area contributed by atoms with Crippen LogP contribution in [0.4, 0.5) is 32.3 Å². The van der Waals surface area contributed by atoms with E-state index < -0.39 is 49.4 Å². The lowest BCUT2D eigenvalue weighted by atomic mass is 10.1. The Hall–Kier alpha value is -7.54. The number of aromatic nitrogens is 2. The Labute approximate surface area is 513 Å². The molecule has 0 radical (unpaired) electrons. The van der Waals surface area contributed by atoms with Gasteiger partial charge in [-0.05, 0) is 153 Å². The van der Waals surface area contributed by atoms with E-state index in [1.807, 2.05) is 60.7 Å². The van der Waals surface area contributed by atoms with E-state index in [1.54, 1.807) is 136 Å². The fourth-order valence-electron chi connectivity index (χ4n) is 8.38. The van der Waals surface area contributed by atoms with E-state index in [0.717, 1.165) is 29.7 Å². The van der Waals surface area contributed by atoms with Crippen LogP contribution in [-0.4, -0.2) is 92.7 Å². The monoisotopic (exact) mass is 1240 g/mol. The molecule has 86 heavy (non-hydrogen) atoms. The molecule has 18 nitrogen and oxygen atoms in total. The quantitative estimate of drug-likeness (QED) is 0.0293. The van der Waals surface area contributed by atoms with Crippen LogP contribution in [0, 0.1) is 0 Å². The maximum atomic E-state index is 13.6. The number of sulfonamides is 2. The number of amides is 2. The Morgan fingerprint density at radius 2 is 1.03 bits per heavy atom. The van der Waals surface area contributed by atoms with Gasteiger partial charge in [-0.15, -0.1) is 22.7 Å². The topological polar surface area (TPSA) is 266 Å². The van der Waals surface area contributed by atoms with Crippen LogP contribution in [0.25, 0.3) is 42.0 Å². The number of benzene rings is 6. The van der Waals surface area contributed by atoms with E-state index in [2.05, 4.69) is 59.6 Å². The molecule has 1 aliphatic rings. The number of aliphatic hydroxyl groups excluding tert-OH is 1. The first-order chi connectivity index (χ1) is 40.6. The molecule has 1 fully saturated rings. The number of hydrogen-bond donors (Lipinski definition) is 7. The first kappa shape index (κ1) is 66.0. The third-order valence-corrected chi connectivity index (χ3v) is 17.8. The lowest BCUT2D eigenvalue weighted by molar-refractivity contribution is 0.129. The van der Waals surface area contributed by atoms with Gasteiger partial charge >= 0.3 is 12.2 Å². The van der Waals surface area contributed by atoms with Gasteiger partial charge in [0.15, 0.2) is 0 Å². The molecule has 2 unspecified atom stereocenters. The van der Waals surface area contributed by atoms with Crippen molar-refractivity contribution in [1.29, 1.82) is 0 Å². The number of nitrogens with zero attached hydrogens (tertiary/aromatic N) is 2. The largest absolute Gasteiger partial charge is 0.447 e. The normalized spacial score (nSPS) is 13.6. The summed E-state index contributed by atoms with van der Waals surface area (Å²) >= 11 is 2.73. The van der Waals surface area contributed by atoms with Gasteiger partial charge in [-0.2, -0.15) is 0 Å². The first-order valence-corrected chi connectivity index (χ1v) is 32.5. The highest BCUT2D eigenvalue weighted by molar-refractivity contribution is 7.90. The molecule has 2 aromatic heterocycles. The van der Waals surface area contributed by atoms with Gasteiger partial charge in [-0.3, -0.25) is 10.6 Å². The fourth-order valence-corrected chi connectivity index (χ4v) is 13.8. The average Bonchev–Trinajstić information content (AvgIpc) is 2.11.